The standard InChI is InChI=1S/C24H22O5/c1-17(23(25)18-12-14-20(27-2)15-13-18)29-24(26)22-11-7-6-8-19(22)16-28-21-9-4-3-5-10-21/h3-15,17H,16H2,1-2H3/t17-/m1/s1. The quantitative estimate of drug-likeness (QED) is 0.412. The molecule has 0 aromatic heterocycles. The van der Waals surface area contributed by atoms with E-state index in [0.717, 1.165) is 0 Å². The molecular weight excluding hydrogens is 368 g/mol. The van der Waals surface area contributed by atoms with Crippen LogP contribution < -0.4 is 9.47 Å². The molecule has 0 saturated heterocycles. The van der Waals surface area contributed by atoms with E-state index in [-0.39, 0.29) is 12.4 Å². The second-order valence-electron chi connectivity index (χ2n) is 6.40. The predicted octanol–water partition coefficient (Wildman–Crippen LogP) is 4.70. The van der Waals surface area contributed by atoms with Gasteiger partial charge in [0.2, 0.25) is 5.78 Å². The number of ketones is 1. The van der Waals surface area contributed by atoms with Gasteiger partial charge in [-0.25, -0.2) is 4.79 Å². The number of benzene rings is 3. The maximum absolute atomic E-state index is 12.7. The average Bonchev–Trinajstić information content (AvgIpc) is 2.78. The fourth-order valence-corrected chi connectivity index (χ4v) is 2.79. The van der Waals surface area contributed by atoms with Crippen LogP contribution in [0.5, 0.6) is 11.5 Å². The molecule has 1 atom stereocenters. The van der Waals surface area contributed by atoms with Crippen molar-refractivity contribution in [1.29, 1.82) is 0 Å². The topological polar surface area (TPSA) is 61.8 Å². The second-order valence-corrected chi connectivity index (χ2v) is 6.40. The summed E-state index contributed by atoms with van der Waals surface area (Å²) in [6.45, 7) is 1.78. The Morgan fingerprint density at radius 3 is 2.17 bits per heavy atom. The Morgan fingerprint density at radius 1 is 0.828 bits per heavy atom. The Morgan fingerprint density at radius 2 is 1.48 bits per heavy atom. The Kier molecular flexibility index (Phi) is 6.63. The molecule has 0 N–H and O–H groups in total. The van der Waals surface area contributed by atoms with E-state index in [1.54, 1.807) is 56.5 Å². The van der Waals surface area contributed by atoms with Gasteiger partial charge in [0, 0.05) is 11.1 Å². The highest BCUT2D eigenvalue weighted by atomic mass is 16.5. The zero-order valence-corrected chi connectivity index (χ0v) is 16.3. The fraction of sp³-hybridized carbons (Fsp3) is 0.167. The van der Waals surface area contributed by atoms with Gasteiger partial charge in [-0.2, -0.15) is 0 Å². The summed E-state index contributed by atoms with van der Waals surface area (Å²) in [5.74, 6) is 0.517. The van der Waals surface area contributed by atoms with Gasteiger partial charge in [0.15, 0.2) is 6.10 Å². The molecule has 5 nitrogen and oxygen atoms in total. The molecule has 0 spiro atoms. The minimum absolute atomic E-state index is 0.218. The molecular formula is C24H22O5. The van der Waals surface area contributed by atoms with E-state index < -0.39 is 12.1 Å². The van der Waals surface area contributed by atoms with Crippen LogP contribution in [0.25, 0.3) is 0 Å². The van der Waals surface area contributed by atoms with Gasteiger partial charge in [-0.1, -0.05) is 36.4 Å². The largest absolute Gasteiger partial charge is 0.497 e. The smallest absolute Gasteiger partial charge is 0.339 e. The van der Waals surface area contributed by atoms with Crippen LogP contribution in [0.4, 0.5) is 0 Å². The molecule has 0 aliphatic heterocycles. The first-order valence-electron chi connectivity index (χ1n) is 9.23. The lowest BCUT2D eigenvalue weighted by molar-refractivity contribution is 0.0316. The number of rotatable bonds is 8. The summed E-state index contributed by atoms with van der Waals surface area (Å²) in [5, 5.41) is 0. The molecule has 0 radical (unpaired) electrons. The van der Waals surface area contributed by atoms with Crippen molar-refractivity contribution in [1.82, 2.24) is 0 Å². The van der Waals surface area contributed by atoms with Crippen LogP contribution in [-0.4, -0.2) is 25.0 Å². The summed E-state index contributed by atoms with van der Waals surface area (Å²) >= 11 is 0. The minimum Gasteiger partial charge on any atom is -0.497 e. The molecule has 0 fully saturated rings. The van der Waals surface area contributed by atoms with Crippen LogP contribution in [0.15, 0.2) is 78.9 Å². The zero-order chi connectivity index (χ0) is 20.6. The van der Waals surface area contributed by atoms with E-state index in [1.807, 2.05) is 36.4 Å². The van der Waals surface area contributed by atoms with Crippen LogP contribution in [-0.2, 0) is 11.3 Å². The lowest BCUT2D eigenvalue weighted by atomic mass is 10.1. The third-order valence-corrected chi connectivity index (χ3v) is 4.40. The van der Waals surface area contributed by atoms with E-state index in [0.29, 0.717) is 28.2 Å². The van der Waals surface area contributed by atoms with Gasteiger partial charge in [0.25, 0.3) is 0 Å². The maximum atomic E-state index is 12.7. The van der Waals surface area contributed by atoms with Crippen molar-refractivity contribution >= 4 is 11.8 Å². The Labute approximate surface area is 169 Å². The number of esters is 1. The number of carbonyl (C=O) groups is 2. The number of ether oxygens (including phenoxy) is 3. The zero-order valence-electron chi connectivity index (χ0n) is 16.3. The highest BCUT2D eigenvalue weighted by Crippen LogP contribution is 2.18. The molecule has 0 bridgehead atoms. The van der Waals surface area contributed by atoms with Gasteiger partial charge < -0.3 is 14.2 Å². The molecule has 3 rings (SSSR count). The molecule has 5 heteroatoms. The third-order valence-electron chi connectivity index (χ3n) is 4.40. The summed E-state index contributed by atoms with van der Waals surface area (Å²) in [7, 11) is 1.56. The van der Waals surface area contributed by atoms with E-state index in [2.05, 4.69) is 0 Å². The van der Waals surface area contributed by atoms with Gasteiger partial charge >= 0.3 is 5.97 Å². The number of para-hydroxylation sites is 1. The summed E-state index contributed by atoms with van der Waals surface area (Å²) in [4.78, 5) is 25.2. The Hall–Kier alpha value is -3.60. The minimum atomic E-state index is -0.918. The summed E-state index contributed by atoms with van der Waals surface area (Å²) < 4.78 is 16.3. The lowest BCUT2D eigenvalue weighted by Gasteiger charge is -2.15. The summed E-state index contributed by atoms with van der Waals surface area (Å²) in [6, 6.07) is 23.1. The van der Waals surface area contributed by atoms with Crippen molar-refractivity contribution in [3.05, 3.63) is 95.6 Å². The Balaban J connectivity index is 1.67. The molecule has 0 aliphatic rings. The highest BCUT2D eigenvalue weighted by molar-refractivity contribution is 6.01. The molecule has 29 heavy (non-hydrogen) atoms. The van der Waals surface area contributed by atoms with Gasteiger partial charge in [0.05, 0.1) is 12.7 Å². The van der Waals surface area contributed by atoms with Crippen molar-refractivity contribution in [3.63, 3.8) is 0 Å². The highest BCUT2D eigenvalue weighted by Gasteiger charge is 2.22. The SMILES string of the molecule is COc1ccc(C(=O)[C@@H](C)OC(=O)c2ccccc2COc2ccccc2)cc1. The first-order valence-corrected chi connectivity index (χ1v) is 9.23. The van der Waals surface area contributed by atoms with Gasteiger partial charge in [-0.15, -0.1) is 0 Å². The number of carbonyl (C=O) groups excluding carboxylic acids is 2. The van der Waals surface area contributed by atoms with Crippen molar-refractivity contribution in [2.75, 3.05) is 7.11 Å². The first kappa shape index (κ1) is 20.1. The van der Waals surface area contributed by atoms with Gasteiger partial charge in [-0.3, -0.25) is 4.79 Å². The second kappa shape index (κ2) is 9.55. The first-order chi connectivity index (χ1) is 14.1. The fourth-order valence-electron chi connectivity index (χ4n) is 2.79. The van der Waals surface area contributed by atoms with Crippen molar-refractivity contribution in [2.45, 2.75) is 19.6 Å². The van der Waals surface area contributed by atoms with E-state index >= 15 is 0 Å². The monoisotopic (exact) mass is 390 g/mol. The predicted molar refractivity (Wildman–Crippen MR) is 109 cm³/mol. The molecule has 3 aromatic rings. The normalized spacial score (nSPS) is 11.4. The van der Waals surface area contributed by atoms with Crippen molar-refractivity contribution in [2.24, 2.45) is 0 Å². The molecule has 0 saturated carbocycles. The number of Topliss-reactive ketones (excluding diaryl/α,β-unsaturated/α-hetero) is 1. The van der Waals surface area contributed by atoms with Gasteiger partial charge in [-0.05, 0) is 49.4 Å². The van der Waals surface area contributed by atoms with E-state index in [1.165, 1.54) is 0 Å². The lowest BCUT2D eigenvalue weighted by Crippen LogP contribution is -2.25. The van der Waals surface area contributed by atoms with Crippen molar-refractivity contribution < 1.29 is 23.8 Å². The molecule has 148 valence electrons. The van der Waals surface area contributed by atoms with Crippen LogP contribution in [0.2, 0.25) is 0 Å². The van der Waals surface area contributed by atoms with Crippen molar-refractivity contribution in [3.8, 4) is 11.5 Å². The van der Waals surface area contributed by atoms with Crippen LogP contribution in [0, 0.1) is 0 Å². The average molecular weight is 390 g/mol. The summed E-state index contributed by atoms with van der Waals surface area (Å²) in [6.07, 6.45) is -0.918. The summed E-state index contributed by atoms with van der Waals surface area (Å²) in [5.41, 5.74) is 1.51. The maximum Gasteiger partial charge on any atom is 0.339 e. The molecule has 3 aromatic carbocycles. The third kappa shape index (κ3) is 5.23. The number of methoxy groups -OCH3 is 1. The Bertz CT molecular complexity index is 964. The molecule has 0 unspecified atom stereocenters. The van der Waals surface area contributed by atoms with Gasteiger partial charge in [0.1, 0.15) is 18.1 Å². The number of hydrogen-bond acceptors (Lipinski definition) is 5. The molecule has 0 amide bonds. The van der Waals surface area contributed by atoms with Crippen LogP contribution in [0.3, 0.4) is 0 Å². The van der Waals surface area contributed by atoms with Crippen LogP contribution in [0.1, 0.15) is 33.2 Å². The van der Waals surface area contributed by atoms with E-state index in [4.69, 9.17) is 14.2 Å². The van der Waals surface area contributed by atoms with E-state index in [9.17, 15) is 9.59 Å². The number of hydrogen-bond donors (Lipinski definition) is 0. The molecule has 0 aliphatic carbocycles. The van der Waals surface area contributed by atoms with Crippen LogP contribution >= 0.6 is 0 Å². The molecule has 0 heterocycles.